The lowest BCUT2D eigenvalue weighted by atomic mass is 10.2. The van der Waals surface area contributed by atoms with Crippen LogP contribution in [-0.4, -0.2) is 40.6 Å². The van der Waals surface area contributed by atoms with Gasteiger partial charge >= 0.3 is 5.97 Å². The summed E-state index contributed by atoms with van der Waals surface area (Å²) >= 11 is 0. The highest BCUT2D eigenvalue weighted by Crippen LogP contribution is 2.34. The molecular formula is C12H16N2O2. The van der Waals surface area contributed by atoms with Gasteiger partial charge in [-0.15, -0.1) is 0 Å². The zero-order chi connectivity index (χ0) is 11.5. The Bertz CT molecular complexity index is 367. The van der Waals surface area contributed by atoms with Crippen LogP contribution in [0.4, 0.5) is 0 Å². The molecule has 1 aromatic heterocycles. The molecule has 2 atom stereocenters. The molecule has 4 nitrogen and oxygen atoms in total. The lowest BCUT2D eigenvalue weighted by molar-refractivity contribution is -0.138. The van der Waals surface area contributed by atoms with Crippen LogP contribution in [0, 0.1) is 5.92 Å². The van der Waals surface area contributed by atoms with Crippen molar-refractivity contribution in [2.24, 2.45) is 5.92 Å². The summed E-state index contributed by atoms with van der Waals surface area (Å²) in [5.41, 5.74) is 1.24. The standard InChI is InChI=1S/C12H16N2O2/c1-14(11-8-10(11)12(15)16)7-4-9-2-5-13-6-3-9/h2-3,5-6,10-11H,4,7-8H2,1H3,(H,15,16). The van der Waals surface area contributed by atoms with E-state index in [9.17, 15) is 4.79 Å². The smallest absolute Gasteiger partial charge is 0.308 e. The number of pyridine rings is 1. The lowest BCUT2D eigenvalue weighted by Gasteiger charge is -2.15. The van der Waals surface area contributed by atoms with E-state index >= 15 is 0 Å². The number of carboxylic acids is 1. The van der Waals surface area contributed by atoms with E-state index in [1.165, 1.54) is 5.56 Å². The molecule has 1 aliphatic carbocycles. The minimum Gasteiger partial charge on any atom is -0.481 e. The van der Waals surface area contributed by atoms with E-state index in [0.29, 0.717) is 0 Å². The molecule has 1 N–H and O–H groups in total. The third-order valence-electron chi connectivity index (χ3n) is 3.14. The zero-order valence-corrected chi connectivity index (χ0v) is 9.34. The normalized spacial score (nSPS) is 23.4. The van der Waals surface area contributed by atoms with Crippen LogP contribution in [0.15, 0.2) is 24.5 Å². The van der Waals surface area contributed by atoms with Gasteiger partial charge in [-0.3, -0.25) is 9.78 Å². The van der Waals surface area contributed by atoms with Gasteiger partial charge in [0, 0.05) is 25.0 Å². The molecule has 0 amide bonds. The average molecular weight is 220 g/mol. The molecule has 0 radical (unpaired) electrons. The van der Waals surface area contributed by atoms with Crippen LogP contribution in [0.25, 0.3) is 0 Å². The summed E-state index contributed by atoms with van der Waals surface area (Å²) in [6, 6.07) is 4.23. The van der Waals surface area contributed by atoms with Gasteiger partial charge in [-0.1, -0.05) is 0 Å². The first-order chi connectivity index (χ1) is 7.68. The molecule has 0 bridgehead atoms. The number of likely N-dealkylation sites (N-methyl/N-ethyl adjacent to an activating group) is 1. The second-order valence-electron chi connectivity index (χ2n) is 4.33. The zero-order valence-electron chi connectivity index (χ0n) is 9.34. The fourth-order valence-electron chi connectivity index (χ4n) is 1.95. The van der Waals surface area contributed by atoms with Crippen LogP contribution in [-0.2, 0) is 11.2 Å². The van der Waals surface area contributed by atoms with Gasteiger partial charge in [-0.2, -0.15) is 0 Å². The maximum atomic E-state index is 10.7. The molecular weight excluding hydrogens is 204 g/mol. The van der Waals surface area contributed by atoms with Crippen LogP contribution in [0.2, 0.25) is 0 Å². The molecule has 1 saturated carbocycles. The summed E-state index contributed by atoms with van der Waals surface area (Å²) < 4.78 is 0. The number of hydrogen-bond acceptors (Lipinski definition) is 3. The Morgan fingerprint density at radius 1 is 1.56 bits per heavy atom. The predicted molar refractivity (Wildman–Crippen MR) is 60.1 cm³/mol. The number of aliphatic carboxylic acids is 1. The molecule has 0 saturated heterocycles. The maximum Gasteiger partial charge on any atom is 0.308 e. The van der Waals surface area contributed by atoms with Crippen LogP contribution < -0.4 is 0 Å². The van der Waals surface area contributed by atoms with E-state index in [1.54, 1.807) is 12.4 Å². The SMILES string of the molecule is CN(CCc1ccncc1)C1CC1C(=O)O. The van der Waals surface area contributed by atoms with E-state index < -0.39 is 5.97 Å². The number of nitrogens with zero attached hydrogens (tertiary/aromatic N) is 2. The highest BCUT2D eigenvalue weighted by Gasteiger charge is 2.45. The molecule has 2 rings (SSSR count). The van der Waals surface area contributed by atoms with Crippen LogP contribution in [0.1, 0.15) is 12.0 Å². The Morgan fingerprint density at radius 3 is 2.81 bits per heavy atom. The summed E-state index contributed by atoms with van der Waals surface area (Å²) in [5.74, 6) is -0.816. The van der Waals surface area contributed by atoms with Gasteiger partial charge in [0.15, 0.2) is 0 Å². The van der Waals surface area contributed by atoms with Gasteiger partial charge < -0.3 is 10.0 Å². The molecule has 16 heavy (non-hydrogen) atoms. The Balaban J connectivity index is 1.77. The highest BCUT2D eigenvalue weighted by molar-refractivity contribution is 5.74. The Kier molecular flexibility index (Phi) is 3.19. The topological polar surface area (TPSA) is 53.4 Å². The quantitative estimate of drug-likeness (QED) is 0.805. The minimum atomic E-state index is -0.666. The van der Waals surface area contributed by atoms with Gasteiger partial charge in [0.05, 0.1) is 5.92 Å². The summed E-state index contributed by atoms with van der Waals surface area (Å²) in [6.07, 6.45) is 5.31. The predicted octanol–water partition coefficient (Wildman–Crippen LogP) is 1.03. The van der Waals surface area contributed by atoms with E-state index in [-0.39, 0.29) is 12.0 Å². The third-order valence-corrected chi connectivity index (χ3v) is 3.14. The number of aromatic nitrogens is 1. The van der Waals surface area contributed by atoms with Crippen molar-refractivity contribution >= 4 is 5.97 Å². The molecule has 0 spiro atoms. The molecule has 1 fully saturated rings. The molecule has 0 aromatic carbocycles. The largest absolute Gasteiger partial charge is 0.481 e. The number of rotatable bonds is 5. The first kappa shape index (κ1) is 11.1. The average Bonchev–Trinajstić information content (AvgIpc) is 3.07. The fourth-order valence-corrected chi connectivity index (χ4v) is 1.95. The van der Waals surface area contributed by atoms with Crippen molar-refractivity contribution < 1.29 is 9.90 Å². The molecule has 1 heterocycles. The van der Waals surface area contributed by atoms with Crippen LogP contribution in [0.3, 0.4) is 0 Å². The van der Waals surface area contributed by atoms with E-state index in [4.69, 9.17) is 5.11 Å². The van der Waals surface area contributed by atoms with Crippen molar-refractivity contribution in [2.75, 3.05) is 13.6 Å². The van der Waals surface area contributed by atoms with E-state index in [1.807, 2.05) is 19.2 Å². The minimum absolute atomic E-state index is 0.151. The van der Waals surface area contributed by atoms with Crippen molar-refractivity contribution in [1.82, 2.24) is 9.88 Å². The molecule has 1 aromatic rings. The number of hydrogen-bond donors (Lipinski definition) is 1. The van der Waals surface area contributed by atoms with Crippen LogP contribution in [0.5, 0.6) is 0 Å². The summed E-state index contributed by atoms with van der Waals surface area (Å²) in [6.45, 7) is 0.901. The highest BCUT2D eigenvalue weighted by atomic mass is 16.4. The van der Waals surface area contributed by atoms with E-state index in [2.05, 4.69) is 9.88 Å². The van der Waals surface area contributed by atoms with Gasteiger partial charge in [0.2, 0.25) is 0 Å². The lowest BCUT2D eigenvalue weighted by Crippen LogP contribution is -2.26. The molecule has 2 unspecified atom stereocenters. The fraction of sp³-hybridized carbons (Fsp3) is 0.500. The molecule has 4 heteroatoms. The number of carboxylic acid groups (broad SMARTS) is 1. The van der Waals surface area contributed by atoms with Crippen molar-refractivity contribution in [1.29, 1.82) is 0 Å². The van der Waals surface area contributed by atoms with Crippen molar-refractivity contribution in [2.45, 2.75) is 18.9 Å². The summed E-state index contributed by atoms with van der Waals surface area (Å²) in [4.78, 5) is 16.8. The maximum absolute atomic E-state index is 10.7. The monoisotopic (exact) mass is 220 g/mol. The third kappa shape index (κ3) is 2.58. The molecule has 0 aliphatic heterocycles. The Morgan fingerprint density at radius 2 is 2.25 bits per heavy atom. The van der Waals surface area contributed by atoms with Gasteiger partial charge in [0.25, 0.3) is 0 Å². The number of carbonyl (C=O) groups is 1. The molecule has 1 aliphatic rings. The Labute approximate surface area is 94.9 Å². The van der Waals surface area contributed by atoms with Crippen molar-refractivity contribution in [3.8, 4) is 0 Å². The van der Waals surface area contributed by atoms with Gasteiger partial charge in [-0.05, 0) is 37.6 Å². The molecule has 86 valence electrons. The second-order valence-corrected chi connectivity index (χ2v) is 4.33. The van der Waals surface area contributed by atoms with Crippen molar-refractivity contribution in [3.05, 3.63) is 30.1 Å². The van der Waals surface area contributed by atoms with E-state index in [0.717, 1.165) is 19.4 Å². The van der Waals surface area contributed by atoms with Gasteiger partial charge in [0.1, 0.15) is 0 Å². The first-order valence-corrected chi connectivity index (χ1v) is 5.50. The summed E-state index contributed by atoms with van der Waals surface area (Å²) in [7, 11) is 1.99. The van der Waals surface area contributed by atoms with Crippen molar-refractivity contribution in [3.63, 3.8) is 0 Å². The van der Waals surface area contributed by atoms with Gasteiger partial charge in [-0.25, -0.2) is 0 Å². The second kappa shape index (κ2) is 4.61. The first-order valence-electron chi connectivity index (χ1n) is 5.50. The van der Waals surface area contributed by atoms with Crippen LogP contribution >= 0.6 is 0 Å². The summed E-state index contributed by atoms with van der Waals surface area (Å²) in [5, 5.41) is 8.82. The Hall–Kier alpha value is -1.42.